The smallest absolute Gasteiger partial charge is 0.223 e. The number of rotatable bonds is 5. The van der Waals surface area contributed by atoms with Crippen molar-refractivity contribution >= 4 is 33.3 Å². The van der Waals surface area contributed by atoms with E-state index >= 15 is 0 Å². The van der Waals surface area contributed by atoms with Crippen LogP contribution in [0.3, 0.4) is 0 Å². The highest BCUT2D eigenvalue weighted by Crippen LogP contribution is 2.29. The van der Waals surface area contributed by atoms with E-state index in [2.05, 4.69) is 48.6 Å². The fourth-order valence-corrected chi connectivity index (χ4v) is 2.99. The molecule has 0 aliphatic carbocycles. The van der Waals surface area contributed by atoms with E-state index in [0.29, 0.717) is 17.8 Å². The van der Waals surface area contributed by atoms with Gasteiger partial charge in [-0.3, -0.25) is 0 Å². The molecule has 0 aliphatic heterocycles. The minimum Gasteiger partial charge on any atom is -0.368 e. The van der Waals surface area contributed by atoms with Crippen LogP contribution in [-0.2, 0) is 0 Å². The van der Waals surface area contributed by atoms with Crippen LogP contribution in [0.25, 0.3) is 10.2 Å². The van der Waals surface area contributed by atoms with Crippen LogP contribution in [0.15, 0.2) is 11.4 Å². The van der Waals surface area contributed by atoms with Crippen molar-refractivity contribution in [3.8, 4) is 0 Å². The van der Waals surface area contributed by atoms with Crippen molar-refractivity contribution in [3.05, 3.63) is 11.4 Å². The molecule has 104 valence electrons. The molecule has 0 amide bonds. The summed E-state index contributed by atoms with van der Waals surface area (Å²) in [6, 6.07) is 2.09. The Hall–Kier alpha value is -1.36. The van der Waals surface area contributed by atoms with Gasteiger partial charge < -0.3 is 10.6 Å². The number of anilines is 2. The molecule has 0 saturated heterocycles. The number of nitrogens with zero attached hydrogens (tertiary/aromatic N) is 3. The highest BCUT2D eigenvalue weighted by molar-refractivity contribution is 7.16. The zero-order valence-corrected chi connectivity index (χ0v) is 12.9. The molecule has 0 bridgehead atoms. The van der Waals surface area contributed by atoms with Gasteiger partial charge in [0.1, 0.15) is 10.6 Å². The summed E-state index contributed by atoms with van der Waals surface area (Å²) < 4.78 is 0. The maximum atomic E-state index is 5.84. The van der Waals surface area contributed by atoms with Gasteiger partial charge in [0, 0.05) is 13.1 Å². The van der Waals surface area contributed by atoms with E-state index < -0.39 is 0 Å². The molecule has 5 heteroatoms. The van der Waals surface area contributed by atoms with Gasteiger partial charge in [0.2, 0.25) is 5.95 Å². The molecule has 19 heavy (non-hydrogen) atoms. The highest BCUT2D eigenvalue weighted by atomic mass is 32.1. The summed E-state index contributed by atoms with van der Waals surface area (Å²) >= 11 is 1.61. The zero-order valence-electron chi connectivity index (χ0n) is 12.1. The van der Waals surface area contributed by atoms with E-state index in [1.807, 2.05) is 5.38 Å². The predicted octanol–water partition coefficient (Wildman–Crippen LogP) is 3.39. The van der Waals surface area contributed by atoms with E-state index in [-0.39, 0.29) is 0 Å². The van der Waals surface area contributed by atoms with Crippen LogP contribution in [0.4, 0.5) is 11.8 Å². The van der Waals surface area contributed by atoms with E-state index in [1.165, 1.54) is 0 Å². The van der Waals surface area contributed by atoms with Gasteiger partial charge in [-0.25, -0.2) is 4.98 Å². The first-order valence-electron chi connectivity index (χ1n) is 6.73. The quantitative estimate of drug-likeness (QED) is 0.911. The summed E-state index contributed by atoms with van der Waals surface area (Å²) in [5.41, 5.74) is 5.84. The summed E-state index contributed by atoms with van der Waals surface area (Å²) in [6.07, 6.45) is 0. The first-order chi connectivity index (χ1) is 8.97. The Morgan fingerprint density at radius 2 is 1.79 bits per heavy atom. The van der Waals surface area contributed by atoms with Crippen molar-refractivity contribution in [2.45, 2.75) is 27.7 Å². The maximum absolute atomic E-state index is 5.84. The van der Waals surface area contributed by atoms with Gasteiger partial charge in [-0.1, -0.05) is 27.7 Å². The fourth-order valence-electron chi connectivity index (χ4n) is 2.23. The van der Waals surface area contributed by atoms with Crippen LogP contribution < -0.4 is 10.6 Å². The standard InChI is InChI=1S/C14H22N4S/c1-9(2)7-18(8-10(3)4)12-11-5-6-19-13(11)17-14(15)16-12/h5-6,9-10H,7-8H2,1-4H3,(H2,15,16,17). The van der Waals surface area contributed by atoms with Crippen molar-refractivity contribution in [1.29, 1.82) is 0 Å². The molecule has 0 fully saturated rings. The highest BCUT2D eigenvalue weighted by Gasteiger charge is 2.16. The molecule has 0 unspecified atom stereocenters. The van der Waals surface area contributed by atoms with Crippen molar-refractivity contribution in [3.63, 3.8) is 0 Å². The Kier molecular flexibility index (Phi) is 4.24. The van der Waals surface area contributed by atoms with Crippen molar-refractivity contribution in [2.75, 3.05) is 23.7 Å². The maximum Gasteiger partial charge on any atom is 0.223 e. The fraction of sp³-hybridized carbons (Fsp3) is 0.571. The molecule has 2 N–H and O–H groups in total. The van der Waals surface area contributed by atoms with Crippen molar-refractivity contribution in [2.24, 2.45) is 11.8 Å². The topological polar surface area (TPSA) is 55.0 Å². The lowest BCUT2D eigenvalue weighted by molar-refractivity contribution is 0.550. The van der Waals surface area contributed by atoms with Crippen molar-refractivity contribution < 1.29 is 0 Å². The molecule has 2 aromatic heterocycles. The van der Waals surface area contributed by atoms with Gasteiger partial charge in [0.25, 0.3) is 0 Å². The Balaban J connectivity index is 2.44. The summed E-state index contributed by atoms with van der Waals surface area (Å²) in [5.74, 6) is 2.51. The van der Waals surface area contributed by atoms with Gasteiger partial charge in [-0.2, -0.15) is 4.98 Å². The normalized spacial score (nSPS) is 11.7. The van der Waals surface area contributed by atoms with Crippen LogP contribution in [0.1, 0.15) is 27.7 Å². The first-order valence-corrected chi connectivity index (χ1v) is 7.61. The molecule has 0 spiro atoms. The Morgan fingerprint density at radius 3 is 2.37 bits per heavy atom. The third-order valence-corrected chi connectivity index (χ3v) is 3.60. The van der Waals surface area contributed by atoms with E-state index in [1.54, 1.807) is 11.3 Å². The lowest BCUT2D eigenvalue weighted by Gasteiger charge is -2.28. The van der Waals surface area contributed by atoms with Crippen LogP contribution in [0.2, 0.25) is 0 Å². The second-order valence-corrected chi connectivity index (χ2v) is 6.63. The van der Waals surface area contributed by atoms with E-state index in [0.717, 1.165) is 29.1 Å². The third-order valence-electron chi connectivity index (χ3n) is 2.79. The van der Waals surface area contributed by atoms with Crippen LogP contribution >= 0.6 is 11.3 Å². The average molecular weight is 278 g/mol. The lowest BCUT2D eigenvalue weighted by Crippen LogP contribution is -2.32. The Morgan fingerprint density at radius 1 is 1.16 bits per heavy atom. The molecule has 2 aromatic rings. The Labute approximate surface area is 118 Å². The minimum atomic E-state index is 0.363. The van der Waals surface area contributed by atoms with Crippen LogP contribution in [0, 0.1) is 11.8 Å². The van der Waals surface area contributed by atoms with Gasteiger partial charge >= 0.3 is 0 Å². The number of nitrogens with two attached hydrogens (primary N) is 1. The summed E-state index contributed by atoms with van der Waals surface area (Å²) in [5, 5.41) is 3.16. The molecular weight excluding hydrogens is 256 g/mol. The van der Waals surface area contributed by atoms with Crippen LogP contribution in [-0.4, -0.2) is 23.1 Å². The second kappa shape index (κ2) is 5.74. The predicted molar refractivity (Wildman–Crippen MR) is 83.7 cm³/mol. The number of nitrogen functional groups attached to an aromatic ring is 1. The molecule has 0 aliphatic rings. The van der Waals surface area contributed by atoms with E-state index in [4.69, 9.17) is 5.73 Å². The van der Waals surface area contributed by atoms with E-state index in [9.17, 15) is 0 Å². The monoisotopic (exact) mass is 278 g/mol. The number of thiophene rings is 1. The summed E-state index contributed by atoms with van der Waals surface area (Å²) in [7, 11) is 0. The SMILES string of the molecule is CC(C)CN(CC(C)C)c1nc(N)nc2sccc12. The third kappa shape index (κ3) is 3.35. The molecular formula is C14H22N4S. The second-order valence-electron chi connectivity index (χ2n) is 5.74. The number of hydrogen-bond acceptors (Lipinski definition) is 5. The molecule has 2 heterocycles. The summed E-state index contributed by atoms with van der Waals surface area (Å²) in [6.45, 7) is 10.9. The first kappa shape index (κ1) is 14.1. The zero-order chi connectivity index (χ0) is 14.0. The molecule has 0 saturated carbocycles. The number of fused-ring (bicyclic) bond motifs is 1. The van der Waals surface area contributed by atoms with Gasteiger partial charge in [0.15, 0.2) is 0 Å². The van der Waals surface area contributed by atoms with Gasteiger partial charge in [0.05, 0.1) is 5.39 Å². The van der Waals surface area contributed by atoms with Gasteiger partial charge in [-0.15, -0.1) is 11.3 Å². The number of hydrogen-bond donors (Lipinski definition) is 1. The molecule has 2 rings (SSSR count). The lowest BCUT2D eigenvalue weighted by atomic mass is 10.1. The largest absolute Gasteiger partial charge is 0.368 e. The molecule has 0 atom stereocenters. The number of aromatic nitrogens is 2. The van der Waals surface area contributed by atoms with Crippen LogP contribution in [0.5, 0.6) is 0 Å². The molecule has 0 radical (unpaired) electrons. The van der Waals surface area contributed by atoms with Crippen molar-refractivity contribution in [1.82, 2.24) is 9.97 Å². The minimum absolute atomic E-state index is 0.363. The summed E-state index contributed by atoms with van der Waals surface area (Å²) in [4.78, 5) is 12.1. The molecule has 4 nitrogen and oxygen atoms in total. The molecule has 0 aromatic carbocycles. The van der Waals surface area contributed by atoms with Gasteiger partial charge in [-0.05, 0) is 23.3 Å². The average Bonchev–Trinajstić information content (AvgIpc) is 2.73. The Bertz CT molecular complexity index is 537.